The summed E-state index contributed by atoms with van der Waals surface area (Å²) in [6.45, 7) is 5.56. The molecule has 2 fully saturated rings. The van der Waals surface area contributed by atoms with Crippen LogP contribution < -0.4 is 5.32 Å². The summed E-state index contributed by atoms with van der Waals surface area (Å²) >= 11 is 1.77. The van der Waals surface area contributed by atoms with E-state index in [9.17, 15) is 4.79 Å². The zero-order chi connectivity index (χ0) is 18.9. The molecule has 0 bridgehead atoms. The van der Waals surface area contributed by atoms with Gasteiger partial charge < -0.3 is 15.0 Å². The molecule has 148 valence electrons. The molecule has 0 aromatic heterocycles. The largest absolute Gasteiger partial charge is 0.381 e. The molecule has 1 aliphatic carbocycles. The van der Waals surface area contributed by atoms with Crippen LogP contribution in [-0.2, 0) is 22.5 Å². The van der Waals surface area contributed by atoms with Crippen LogP contribution in [0.3, 0.4) is 0 Å². The van der Waals surface area contributed by atoms with E-state index in [1.165, 1.54) is 16.0 Å². The van der Waals surface area contributed by atoms with Crippen molar-refractivity contribution in [3.63, 3.8) is 0 Å². The molecular weight excluding hydrogens is 356 g/mol. The van der Waals surface area contributed by atoms with Crippen LogP contribution in [0, 0.1) is 5.41 Å². The van der Waals surface area contributed by atoms with Crippen molar-refractivity contribution in [1.29, 1.82) is 0 Å². The number of amides is 1. The first-order valence-corrected chi connectivity index (χ1v) is 11.6. The molecule has 2 unspecified atom stereocenters. The minimum absolute atomic E-state index is 0.211. The highest BCUT2D eigenvalue weighted by Crippen LogP contribution is 2.41. The zero-order valence-corrected chi connectivity index (χ0v) is 17.4. The van der Waals surface area contributed by atoms with E-state index in [-0.39, 0.29) is 5.41 Å². The molecule has 1 amide bonds. The molecule has 1 aromatic carbocycles. The molecule has 1 saturated carbocycles. The summed E-state index contributed by atoms with van der Waals surface area (Å²) in [6.07, 6.45) is 8.37. The highest BCUT2D eigenvalue weighted by molar-refractivity contribution is 7.98. The van der Waals surface area contributed by atoms with Crippen molar-refractivity contribution in [3.05, 3.63) is 29.3 Å². The molecule has 4 rings (SSSR count). The maximum Gasteiger partial charge on any atom is 0.228 e. The number of nitrogens with one attached hydrogen (secondary N) is 1. The van der Waals surface area contributed by atoms with Gasteiger partial charge in [-0.05, 0) is 68.0 Å². The first-order chi connectivity index (χ1) is 13.1. The van der Waals surface area contributed by atoms with Gasteiger partial charge in [-0.3, -0.25) is 4.79 Å². The normalized spacial score (nSPS) is 29.0. The van der Waals surface area contributed by atoms with Gasteiger partial charge in [0, 0.05) is 48.7 Å². The fourth-order valence-corrected chi connectivity index (χ4v) is 5.45. The van der Waals surface area contributed by atoms with Crippen LogP contribution in [-0.4, -0.2) is 48.9 Å². The monoisotopic (exact) mass is 388 g/mol. The number of benzene rings is 1. The minimum atomic E-state index is -0.211. The van der Waals surface area contributed by atoms with Gasteiger partial charge in [0.05, 0.1) is 0 Å². The van der Waals surface area contributed by atoms with Crippen LogP contribution in [0.5, 0.6) is 0 Å². The summed E-state index contributed by atoms with van der Waals surface area (Å²) in [5, 5.41) is 3.81. The minimum Gasteiger partial charge on any atom is -0.381 e. The quantitative estimate of drug-likeness (QED) is 0.800. The molecule has 1 aromatic rings. The summed E-state index contributed by atoms with van der Waals surface area (Å²) in [5.41, 5.74) is 2.53. The van der Waals surface area contributed by atoms with Gasteiger partial charge in [0.25, 0.3) is 0 Å². The molecule has 0 radical (unpaired) electrons. The molecule has 3 aliphatic rings. The number of hydrogen-bond donors (Lipinski definition) is 1. The summed E-state index contributed by atoms with van der Waals surface area (Å²) in [4.78, 5) is 16.8. The Bertz CT molecular complexity index is 689. The zero-order valence-electron chi connectivity index (χ0n) is 16.6. The van der Waals surface area contributed by atoms with Gasteiger partial charge in [-0.1, -0.05) is 13.0 Å². The molecule has 1 N–H and O–H groups in total. The Labute approximate surface area is 167 Å². The van der Waals surface area contributed by atoms with Crippen molar-refractivity contribution >= 4 is 17.7 Å². The molecule has 2 aliphatic heterocycles. The molecule has 2 heterocycles. The van der Waals surface area contributed by atoms with E-state index in [1.807, 2.05) is 0 Å². The lowest BCUT2D eigenvalue weighted by atomic mass is 9.85. The first kappa shape index (κ1) is 19.3. The third kappa shape index (κ3) is 4.20. The van der Waals surface area contributed by atoms with E-state index >= 15 is 0 Å². The number of carbonyl (C=O) groups is 1. The van der Waals surface area contributed by atoms with Crippen molar-refractivity contribution in [2.24, 2.45) is 5.41 Å². The van der Waals surface area contributed by atoms with E-state index in [0.29, 0.717) is 18.0 Å². The van der Waals surface area contributed by atoms with Crippen molar-refractivity contribution in [1.82, 2.24) is 10.2 Å². The van der Waals surface area contributed by atoms with Crippen LogP contribution in [0.1, 0.15) is 50.2 Å². The Kier molecular flexibility index (Phi) is 5.81. The lowest BCUT2D eigenvalue weighted by Gasteiger charge is -2.35. The smallest absolute Gasteiger partial charge is 0.228 e. The molecule has 2 atom stereocenters. The van der Waals surface area contributed by atoms with Gasteiger partial charge >= 0.3 is 0 Å². The average molecular weight is 389 g/mol. The summed E-state index contributed by atoms with van der Waals surface area (Å²) in [5.74, 6) is 0.360. The van der Waals surface area contributed by atoms with Crippen LogP contribution in [0.4, 0.5) is 0 Å². The second-order valence-electron chi connectivity index (χ2n) is 8.67. The number of carbonyl (C=O) groups excluding carboxylic acids is 1. The van der Waals surface area contributed by atoms with Crippen LogP contribution in [0.15, 0.2) is 23.1 Å². The van der Waals surface area contributed by atoms with E-state index in [0.717, 1.165) is 64.8 Å². The van der Waals surface area contributed by atoms with Crippen LogP contribution in [0.2, 0.25) is 0 Å². The lowest BCUT2D eigenvalue weighted by Crippen LogP contribution is -2.45. The van der Waals surface area contributed by atoms with Gasteiger partial charge in [-0.15, -0.1) is 11.8 Å². The average Bonchev–Trinajstić information content (AvgIpc) is 3.09. The number of thioether (sulfide) groups is 1. The summed E-state index contributed by atoms with van der Waals surface area (Å²) in [7, 11) is 0. The topological polar surface area (TPSA) is 41.6 Å². The predicted octanol–water partition coefficient (Wildman–Crippen LogP) is 3.62. The van der Waals surface area contributed by atoms with Gasteiger partial charge in [0.2, 0.25) is 5.91 Å². The van der Waals surface area contributed by atoms with Gasteiger partial charge in [-0.25, -0.2) is 0 Å². The van der Waals surface area contributed by atoms with Crippen molar-refractivity contribution < 1.29 is 9.53 Å². The number of ether oxygens (including phenoxy) is 1. The molecule has 5 heteroatoms. The first-order valence-electron chi connectivity index (χ1n) is 10.4. The van der Waals surface area contributed by atoms with Crippen molar-refractivity contribution in [2.75, 3.05) is 26.0 Å². The van der Waals surface area contributed by atoms with E-state index in [4.69, 9.17) is 4.74 Å². The SMILES string of the molecule is CSc1ccc2c(c1)CN(C(=O)C1(C)CCC(NC3CCOCC3)C1)CC2. The fourth-order valence-electron chi connectivity index (χ4n) is 4.99. The molecule has 1 saturated heterocycles. The number of hydrogen-bond acceptors (Lipinski definition) is 4. The van der Waals surface area contributed by atoms with E-state index in [1.54, 1.807) is 11.8 Å². The maximum absolute atomic E-state index is 13.4. The molecular formula is C22H32N2O2S. The fraction of sp³-hybridized carbons (Fsp3) is 0.682. The third-order valence-electron chi connectivity index (χ3n) is 6.66. The molecule has 27 heavy (non-hydrogen) atoms. The number of fused-ring (bicyclic) bond motifs is 1. The van der Waals surface area contributed by atoms with Gasteiger partial charge in [0.15, 0.2) is 0 Å². The third-order valence-corrected chi connectivity index (χ3v) is 7.39. The molecule has 4 nitrogen and oxygen atoms in total. The Morgan fingerprint density at radius 3 is 2.81 bits per heavy atom. The number of rotatable bonds is 4. The van der Waals surface area contributed by atoms with Crippen LogP contribution >= 0.6 is 11.8 Å². The predicted molar refractivity (Wildman–Crippen MR) is 110 cm³/mol. The summed E-state index contributed by atoms with van der Waals surface area (Å²) < 4.78 is 5.47. The Morgan fingerprint density at radius 1 is 1.22 bits per heavy atom. The summed E-state index contributed by atoms with van der Waals surface area (Å²) in [6, 6.07) is 7.75. The standard InChI is InChI=1S/C22H32N2O2S/c1-22(9-5-19(14-22)23-18-7-11-26-12-8-18)21(25)24-10-6-16-3-4-20(27-2)13-17(16)15-24/h3-4,13,18-19,23H,5-12,14-15H2,1-2H3. The van der Waals surface area contributed by atoms with Crippen molar-refractivity contribution in [3.8, 4) is 0 Å². The highest BCUT2D eigenvalue weighted by atomic mass is 32.2. The van der Waals surface area contributed by atoms with Gasteiger partial charge in [-0.2, -0.15) is 0 Å². The Morgan fingerprint density at radius 2 is 2.04 bits per heavy atom. The van der Waals surface area contributed by atoms with E-state index < -0.39 is 0 Å². The Hall–Kier alpha value is -1.04. The van der Waals surface area contributed by atoms with E-state index in [2.05, 4.69) is 41.6 Å². The lowest BCUT2D eigenvalue weighted by molar-refractivity contribution is -0.142. The second kappa shape index (κ2) is 8.14. The number of nitrogens with zero attached hydrogens (tertiary/aromatic N) is 1. The maximum atomic E-state index is 13.4. The van der Waals surface area contributed by atoms with Crippen LogP contribution in [0.25, 0.3) is 0 Å². The highest BCUT2D eigenvalue weighted by Gasteiger charge is 2.44. The molecule has 0 spiro atoms. The van der Waals surface area contributed by atoms with Crippen molar-refractivity contribution in [2.45, 2.75) is 69.0 Å². The Balaban J connectivity index is 1.38. The second-order valence-corrected chi connectivity index (χ2v) is 9.54. The van der Waals surface area contributed by atoms with Gasteiger partial charge in [0.1, 0.15) is 0 Å².